The summed E-state index contributed by atoms with van der Waals surface area (Å²) in [5, 5.41) is 8.62. The van der Waals surface area contributed by atoms with Crippen molar-refractivity contribution in [2.75, 3.05) is 6.61 Å². The van der Waals surface area contributed by atoms with Crippen molar-refractivity contribution in [2.24, 2.45) is 5.16 Å². The lowest BCUT2D eigenvalue weighted by Gasteiger charge is -2.26. The molecule has 0 aliphatic carbocycles. The van der Waals surface area contributed by atoms with Crippen molar-refractivity contribution < 1.29 is 9.57 Å². The average Bonchev–Trinajstić information content (AvgIpc) is 3.17. The van der Waals surface area contributed by atoms with Crippen molar-refractivity contribution in [1.29, 1.82) is 0 Å². The zero-order chi connectivity index (χ0) is 16.2. The standard InChI is InChI=1S/C18H16N4O2/c1-2-6-14(7-3-1)10-24-21-18-15-8-4-5-9-17(15)23-11-16(18)22-13-19-12-20-22/h1-9,12-13,16H,10-11H2/b21-18+. The third-order valence-corrected chi connectivity index (χ3v) is 3.87. The second-order valence-electron chi connectivity index (χ2n) is 5.43. The highest BCUT2D eigenvalue weighted by Gasteiger charge is 2.29. The van der Waals surface area contributed by atoms with Crippen LogP contribution < -0.4 is 4.74 Å². The van der Waals surface area contributed by atoms with Crippen LogP contribution in [0.25, 0.3) is 0 Å². The molecule has 6 nitrogen and oxygen atoms in total. The van der Waals surface area contributed by atoms with E-state index >= 15 is 0 Å². The first-order valence-corrected chi connectivity index (χ1v) is 7.72. The van der Waals surface area contributed by atoms with Crippen LogP contribution in [0.5, 0.6) is 5.75 Å². The summed E-state index contributed by atoms with van der Waals surface area (Å²) in [5.74, 6) is 0.802. The van der Waals surface area contributed by atoms with Gasteiger partial charge >= 0.3 is 0 Å². The van der Waals surface area contributed by atoms with E-state index in [1.807, 2.05) is 54.6 Å². The van der Waals surface area contributed by atoms with E-state index < -0.39 is 0 Å². The predicted molar refractivity (Wildman–Crippen MR) is 88.8 cm³/mol. The van der Waals surface area contributed by atoms with Crippen LogP contribution in [0, 0.1) is 0 Å². The molecule has 2 heterocycles. The van der Waals surface area contributed by atoms with Gasteiger partial charge in [0.25, 0.3) is 0 Å². The minimum absolute atomic E-state index is 0.168. The normalized spacial score (nSPS) is 18.0. The third-order valence-electron chi connectivity index (χ3n) is 3.87. The Hall–Kier alpha value is -3.15. The topological polar surface area (TPSA) is 61.5 Å². The molecule has 0 radical (unpaired) electrons. The van der Waals surface area contributed by atoms with Crippen molar-refractivity contribution in [1.82, 2.24) is 14.8 Å². The maximum Gasteiger partial charge on any atom is 0.142 e. The fourth-order valence-corrected chi connectivity index (χ4v) is 2.67. The Labute approximate surface area is 139 Å². The molecule has 0 fully saturated rings. The molecule has 1 aliphatic heterocycles. The Bertz CT molecular complexity index is 831. The highest BCUT2D eigenvalue weighted by atomic mass is 16.6. The fourth-order valence-electron chi connectivity index (χ4n) is 2.67. The van der Waals surface area contributed by atoms with Crippen LogP contribution in [0.1, 0.15) is 17.2 Å². The number of oxime groups is 1. The van der Waals surface area contributed by atoms with E-state index in [0.29, 0.717) is 13.2 Å². The summed E-state index contributed by atoms with van der Waals surface area (Å²) >= 11 is 0. The third kappa shape index (κ3) is 2.86. The quantitative estimate of drug-likeness (QED) is 0.694. The van der Waals surface area contributed by atoms with Gasteiger partial charge in [0.2, 0.25) is 0 Å². The zero-order valence-corrected chi connectivity index (χ0v) is 12.9. The lowest BCUT2D eigenvalue weighted by molar-refractivity contribution is 0.127. The Morgan fingerprint density at radius 2 is 1.96 bits per heavy atom. The lowest BCUT2D eigenvalue weighted by Crippen LogP contribution is -2.31. The van der Waals surface area contributed by atoms with Crippen molar-refractivity contribution in [2.45, 2.75) is 12.6 Å². The van der Waals surface area contributed by atoms with Gasteiger partial charge in [0.05, 0.1) is 0 Å². The molecule has 0 spiro atoms. The molecule has 3 aromatic rings. The summed E-state index contributed by atoms with van der Waals surface area (Å²) < 4.78 is 7.57. The van der Waals surface area contributed by atoms with Gasteiger partial charge in [-0.2, -0.15) is 5.10 Å². The number of para-hydroxylation sites is 1. The largest absolute Gasteiger partial charge is 0.490 e. The van der Waals surface area contributed by atoms with E-state index in [-0.39, 0.29) is 6.04 Å². The number of fused-ring (bicyclic) bond motifs is 1. The molecule has 24 heavy (non-hydrogen) atoms. The van der Waals surface area contributed by atoms with Crippen LogP contribution in [-0.4, -0.2) is 27.1 Å². The van der Waals surface area contributed by atoms with Gasteiger partial charge in [0, 0.05) is 5.56 Å². The van der Waals surface area contributed by atoms with Gasteiger partial charge < -0.3 is 9.57 Å². The van der Waals surface area contributed by atoms with E-state index in [1.54, 1.807) is 11.0 Å². The zero-order valence-electron chi connectivity index (χ0n) is 12.9. The second kappa shape index (κ2) is 6.54. The summed E-state index contributed by atoms with van der Waals surface area (Å²) in [5.41, 5.74) is 2.77. The van der Waals surface area contributed by atoms with Crippen molar-refractivity contribution in [3.05, 3.63) is 78.4 Å². The SMILES string of the molecule is c1ccc(CO/N=C2\c3ccccc3OCC2n2cncn2)cc1. The van der Waals surface area contributed by atoms with E-state index in [0.717, 1.165) is 22.6 Å². The van der Waals surface area contributed by atoms with Gasteiger partial charge in [-0.05, 0) is 17.7 Å². The second-order valence-corrected chi connectivity index (χ2v) is 5.43. The molecule has 0 saturated carbocycles. The van der Waals surface area contributed by atoms with Gasteiger partial charge in [0.1, 0.15) is 43.4 Å². The molecule has 6 heteroatoms. The van der Waals surface area contributed by atoms with Crippen LogP contribution in [-0.2, 0) is 11.4 Å². The van der Waals surface area contributed by atoms with E-state index in [4.69, 9.17) is 9.57 Å². The Kier molecular flexibility index (Phi) is 3.93. The number of ether oxygens (including phenoxy) is 1. The van der Waals surface area contributed by atoms with E-state index in [2.05, 4.69) is 15.2 Å². The Morgan fingerprint density at radius 1 is 1.12 bits per heavy atom. The Morgan fingerprint density at radius 3 is 2.79 bits per heavy atom. The van der Waals surface area contributed by atoms with Crippen LogP contribution in [0.2, 0.25) is 0 Å². The van der Waals surface area contributed by atoms with Crippen LogP contribution in [0.15, 0.2) is 72.4 Å². The minimum atomic E-state index is -0.168. The monoisotopic (exact) mass is 320 g/mol. The van der Waals surface area contributed by atoms with Gasteiger partial charge in [-0.15, -0.1) is 0 Å². The van der Waals surface area contributed by atoms with Gasteiger partial charge in [-0.25, -0.2) is 9.67 Å². The molecule has 4 rings (SSSR count). The maximum absolute atomic E-state index is 5.83. The maximum atomic E-state index is 5.83. The molecule has 120 valence electrons. The minimum Gasteiger partial charge on any atom is -0.490 e. The number of rotatable bonds is 4. The molecule has 1 atom stereocenters. The van der Waals surface area contributed by atoms with Gasteiger partial charge in [0.15, 0.2) is 0 Å². The smallest absolute Gasteiger partial charge is 0.142 e. The molecular formula is C18H16N4O2. The molecular weight excluding hydrogens is 304 g/mol. The summed E-state index contributed by atoms with van der Waals surface area (Å²) in [6.45, 7) is 0.853. The molecule has 0 saturated heterocycles. The summed E-state index contributed by atoms with van der Waals surface area (Å²) in [4.78, 5) is 9.63. The fraction of sp³-hybridized carbons (Fsp3) is 0.167. The first kappa shape index (κ1) is 14.4. The van der Waals surface area contributed by atoms with Crippen molar-refractivity contribution in [3.8, 4) is 5.75 Å². The van der Waals surface area contributed by atoms with E-state index in [1.165, 1.54) is 6.33 Å². The van der Waals surface area contributed by atoms with Gasteiger partial charge in [-0.1, -0.05) is 47.6 Å². The van der Waals surface area contributed by atoms with Crippen LogP contribution in [0.3, 0.4) is 0 Å². The first-order chi connectivity index (χ1) is 11.9. The number of nitrogens with zero attached hydrogens (tertiary/aromatic N) is 4. The van der Waals surface area contributed by atoms with Crippen molar-refractivity contribution >= 4 is 5.71 Å². The predicted octanol–water partition coefficient (Wildman–Crippen LogP) is 2.83. The number of hydrogen-bond acceptors (Lipinski definition) is 5. The molecule has 1 aliphatic rings. The Balaban J connectivity index is 1.63. The van der Waals surface area contributed by atoms with Crippen LogP contribution >= 0.6 is 0 Å². The number of hydrogen-bond donors (Lipinski definition) is 0. The van der Waals surface area contributed by atoms with E-state index in [9.17, 15) is 0 Å². The lowest BCUT2D eigenvalue weighted by atomic mass is 10.0. The van der Waals surface area contributed by atoms with Crippen molar-refractivity contribution in [3.63, 3.8) is 0 Å². The molecule has 0 N–H and O–H groups in total. The molecule has 0 amide bonds. The summed E-state index contributed by atoms with van der Waals surface area (Å²) in [6.07, 6.45) is 3.16. The molecule has 2 aromatic carbocycles. The summed E-state index contributed by atoms with van der Waals surface area (Å²) in [6, 6.07) is 17.6. The molecule has 0 bridgehead atoms. The highest BCUT2D eigenvalue weighted by molar-refractivity contribution is 6.06. The highest BCUT2D eigenvalue weighted by Crippen LogP contribution is 2.29. The van der Waals surface area contributed by atoms with Crippen LogP contribution in [0.4, 0.5) is 0 Å². The molecule has 1 unspecified atom stereocenters. The first-order valence-electron chi connectivity index (χ1n) is 7.72. The average molecular weight is 320 g/mol. The summed E-state index contributed by atoms with van der Waals surface area (Å²) in [7, 11) is 0. The number of aromatic nitrogens is 3. The van der Waals surface area contributed by atoms with Gasteiger partial charge in [-0.3, -0.25) is 0 Å². The molecule has 1 aromatic heterocycles. The number of benzene rings is 2.